The second-order valence-electron chi connectivity index (χ2n) is 2.65. The van der Waals surface area contributed by atoms with Crippen LogP contribution < -0.4 is 4.90 Å². The summed E-state index contributed by atoms with van der Waals surface area (Å²) in [7, 11) is 1.90. The molecule has 1 heterocycles. The average Bonchev–Trinajstić information content (AvgIpc) is 2.66. The van der Waals surface area contributed by atoms with Gasteiger partial charge in [0.1, 0.15) is 0 Å². The van der Waals surface area contributed by atoms with Gasteiger partial charge in [0, 0.05) is 13.6 Å². The highest BCUT2D eigenvalue weighted by Crippen LogP contribution is 2.12. The topological polar surface area (TPSA) is 66.0 Å². The van der Waals surface area contributed by atoms with E-state index < -0.39 is 0 Å². The second kappa shape index (κ2) is 5.50. The lowest BCUT2D eigenvalue weighted by Crippen LogP contribution is -2.17. The van der Waals surface area contributed by atoms with Crippen molar-refractivity contribution in [3.8, 4) is 6.07 Å². The molecule has 0 amide bonds. The van der Waals surface area contributed by atoms with Crippen molar-refractivity contribution in [2.75, 3.05) is 24.2 Å². The highest BCUT2D eigenvalue weighted by Gasteiger charge is 2.08. The number of anilines is 1. The third-order valence-electron chi connectivity index (χ3n) is 1.67. The highest BCUT2D eigenvalue weighted by molar-refractivity contribution is 7.98. The lowest BCUT2D eigenvalue weighted by molar-refractivity contribution is 0.390. The van der Waals surface area contributed by atoms with Crippen LogP contribution in [-0.2, 0) is 5.75 Å². The van der Waals surface area contributed by atoms with Crippen LogP contribution in [0.1, 0.15) is 12.8 Å². The lowest BCUT2D eigenvalue weighted by Gasteiger charge is -2.08. The van der Waals surface area contributed by atoms with E-state index in [0.717, 1.165) is 6.54 Å². The number of thioether (sulfide) groups is 1. The zero-order chi connectivity index (χ0) is 10.4. The molecule has 0 unspecified atom stereocenters. The minimum atomic E-state index is 0.446. The maximum Gasteiger partial charge on any atom is 0.265 e. The molecular formula is C8H12N4OS. The Labute approximate surface area is 87.1 Å². The monoisotopic (exact) mass is 212 g/mol. The van der Waals surface area contributed by atoms with Crippen LogP contribution in [0.5, 0.6) is 0 Å². The first kappa shape index (κ1) is 10.9. The van der Waals surface area contributed by atoms with Crippen molar-refractivity contribution in [3.05, 3.63) is 5.89 Å². The first-order valence-electron chi connectivity index (χ1n) is 4.26. The summed E-state index contributed by atoms with van der Waals surface area (Å²) in [6.45, 7) is 2.85. The van der Waals surface area contributed by atoms with E-state index in [9.17, 15) is 0 Å². The van der Waals surface area contributed by atoms with Crippen molar-refractivity contribution < 1.29 is 4.52 Å². The van der Waals surface area contributed by atoms with Crippen molar-refractivity contribution in [2.24, 2.45) is 0 Å². The number of nitrogens with zero attached hydrogens (tertiary/aromatic N) is 4. The Bertz CT molecular complexity index is 319. The first-order chi connectivity index (χ1) is 6.77. The molecule has 0 spiro atoms. The number of rotatable bonds is 5. The van der Waals surface area contributed by atoms with Crippen LogP contribution in [0.2, 0.25) is 0 Å². The largest absolute Gasteiger partial charge is 0.342 e. The van der Waals surface area contributed by atoms with Crippen LogP contribution in [0.25, 0.3) is 0 Å². The van der Waals surface area contributed by atoms with Gasteiger partial charge in [0.05, 0.1) is 17.6 Å². The quantitative estimate of drug-likeness (QED) is 0.685. The molecule has 1 aromatic rings. The van der Waals surface area contributed by atoms with Gasteiger partial charge in [0.25, 0.3) is 5.95 Å². The smallest absolute Gasteiger partial charge is 0.265 e. The van der Waals surface area contributed by atoms with Gasteiger partial charge in [-0.15, -0.1) is 11.8 Å². The standard InChI is InChI=1S/C8H12N4OS/c1-3-12(2)8-10-7(13-11-8)6-14-5-4-9/h3,5-6H2,1-2H3. The van der Waals surface area contributed by atoms with Crippen LogP contribution in [0.15, 0.2) is 4.52 Å². The number of hydrogen-bond acceptors (Lipinski definition) is 6. The molecule has 0 radical (unpaired) electrons. The first-order valence-corrected chi connectivity index (χ1v) is 5.41. The maximum absolute atomic E-state index is 8.33. The van der Waals surface area contributed by atoms with Crippen molar-refractivity contribution >= 4 is 17.7 Å². The Morgan fingerprint density at radius 2 is 2.43 bits per heavy atom. The molecule has 0 aliphatic rings. The summed E-state index contributed by atoms with van der Waals surface area (Å²) in [5, 5.41) is 12.1. The minimum absolute atomic E-state index is 0.446. The SMILES string of the molecule is CCN(C)c1noc(CSCC#N)n1. The molecular weight excluding hydrogens is 200 g/mol. The molecule has 0 atom stereocenters. The molecule has 0 fully saturated rings. The molecule has 0 N–H and O–H groups in total. The van der Waals surface area contributed by atoms with Crippen molar-refractivity contribution in [2.45, 2.75) is 12.7 Å². The van der Waals surface area contributed by atoms with E-state index >= 15 is 0 Å². The molecule has 0 aliphatic carbocycles. The Kier molecular flexibility index (Phi) is 4.26. The molecule has 1 rings (SSSR count). The van der Waals surface area contributed by atoms with E-state index in [2.05, 4.69) is 10.1 Å². The third-order valence-corrected chi connectivity index (χ3v) is 2.45. The van der Waals surface area contributed by atoms with Gasteiger partial charge in [-0.25, -0.2) is 0 Å². The fourth-order valence-corrected chi connectivity index (χ4v) is 1.27. The van der Waals surface area contributed by atoms with Crippen LogP contribution in [0.3, 0.4) is 0 Å². The van der Waals surface area contributed by atoms with Crippen molar-refractivity contribution in [1.29, 1.82) is 5.26 Å². The number of hydrogen-bond donors (Lipinski definition) is 0. The van der Waals surface area contributed by atoms with Crippen molar-refractivity contribution in [1.82, 2.24) is 10.1 Å². The zero-order valence-electron chi connectivity index (χ0n) is 8.23. The molecule has 6 heteroatoms. The second-order valence-corrected chi connectivity index (χ2v) is 3.64. The molecule has 0 saturated carbocycles. The van der Waals surface area contributed by atoms with Gasteiger partial charge >= 0.3 is 0 Å². The molecule has 5 nitrogen and oxygen atoms in total. The summed E-state index contributed by atoms with van der Waals surface area (Å²) in [6.07, 6.45) is 0. The lowest BCUT2D eigenvalue weighted by atomic mass is 10.6. The summed E-state index contributed by atoms with van der Waals surface area (Å²) >= 11 is 1.46. The minimum Gasteiger partial charge on any atom is -0.342 e. The van der Waals surface area contributed by atoms with Crippen LogP contribution in [0.4, 0.5) is 5.95 Å². The van der Waals surface area contributed by atoms with Crippen LogP contribution >= 0.6 is 11.8 Å². The predicted octanol–water partition coefficient (Wildman–Crippen LogP) is 1.28. The van der Waals surface area contributed by atoms with E-state index in [4.69, 9.17) is 9.78 Å². The van der Waals surface area contributed by atoms with E-state index in [1.165, 1.54) is 11.8 Å². The molecule has 14 heavy (non-hydrogen) atoms. The average molecular weight is 212 g/mol. The third kappa shape index (κ3) is 2.92. The Balaban J connectivity index is 2.47. The molecule has 76 valence electrons. The normalized spacial score (nSPS) is 9.79. The van der Waals surface area contributed by atoms with E-state index in [1.807, 2.05) is 24.9 Å². The van der Waals surface area contributed by atoms with Gasteiger partial charge in [-0.1, -0.05) is 0 Å². The molecule has 1 aromatic heterocycles. The van der Waals surface area contributed by atoms with Crippen LogP contribution in [-0.4, -0.2) is 29.5 Å². The Hall–Kier alpha value is -1.22. The van der Waals surface area contributed by atoms with Crippen LogP contribution in [0, 0.1) is 11.3 Å². The summed E-state index contributed by atoms with van der Waals surface area (Å²) in [6, 6.07) is 2.04. The van der Waals surface area contributed by atoms with E-state index in [-0.39, 0.29) is 0 Å². The van der Waals surface area contributed by atoms with Crippen molar-refractivity contribution in [3.63, 3.8) is 0 Å². The fraction of sp³-hybridized carbons (Fsp3) is 0.625. The summed E-state index contributed by atoms with van der Waals surface area (Å²) in [5.74, 6) is 2.21. The van der Waals surface area contributed by atoms with Gasteiger partial charge in [-0.05, 0) is 12.1 Å². The summed E-state index contributed by atoms with van der Waals surface area (Å²) in [5.41, 5.74) is 0. The highest BCUT2D eigenvalue weighted by atomic mass is 32.2. The maximum atomic E-state index is 8.33. The fourth-order valence-electron chi connectivity index (χ4n) is 0.785. The predicted molar refractivity (Wildman–Crippen MR) is 55.0 cm³/mol. The van der Waals surface area contributed by atoms with Gasteiger partial charge in [-0.2, -0.15) is 10.2 Å². The van der Waals surface area contributed by atoms with E-state index in [1.54, 1.807) is 0 Å². The summed E-state index contributed by atoms with van der Waals surface area (Å²) < 4.78 is 5.00. The number of nitriles is 1. The van der Waals surface area contributed by atoms with E-state index in [0.29, 0.717) is 23.3 Å². The molecule has 0 aromatic carbocycles. The van der Waals surface area contributed by atoms with Gasteiger partial charge in [0.15, 0.2) is 0 Å². The number of aromatic nitrogens is 2. The zero-order valence-corrected chi connectivity index (χ0v) is 9.04. The molecule has 0 saturated heterocycles. The molecule has 0 bridgehead atoms. The van der Waals surface area contributed by atoms with Gasteiger partial charge in [-0.3, -0.25) is 0 Å². The Morgan fingerprint density at radius 1 is 1.64 bits per heavy atom. The summed E-state index contributed by atoms with van der Waals surface area (Å²) in [4.78, 5) is 6.06. The van der Waals surface area contributed by atoms with Gasteiger partial charge in [0.2, 0.25) is 5.89 Å². The Morgan fingerprint density at radius 3 is 3.07 bits per heavy atom. The van der Waals surface area contributed by atoms with Gasteiger partial charge < -0.3 is 9.42 Å². The molecule has 0 aliphatic heterocycles.